The molecule has 2 amide bonds. The summed E-state index contributed by atoms with van der Waals surface area (Å²) >= 11 is 3.50. The van der Waals surface area contributed by atoms with E-state index in [1.165, 1.54) is 4.21 Å². The molecule has 4 nitrogen and oxygen atoms in total. The summed E-state index contributed by atoms with van der Waals surface area (Å²) in [6, 6.07) is 3.24. The Bertz CT molecular complexity index is 436. The Kier molecular flexibility index (Phi) is 5.25. The lowest BCUT2D eigenvalue weighted by molar-refractivity contribution is -0.0286. The van der Waals surface area contributed by atoms with Crippen molar-refractivity contribution in [2.24, 2.45) is 5.73 Å². The van der Waals surface area contributed by atoms with Gasteiger partial charge in [-0.1, -0.05) is 26.8 Å². The van der Waals surface area contributed by atoms with Gasteiger partial charge in [0.1, 0.15) is 0 Å². The number of hydrogen-bond donors (Lipinski definition) is 2. The molecule has 0 saturated carbocycles. The number of hydrogen-bond acceptors (Lipinski definition) is 4. The molecule has 1 heterocycles. The van der Waals surface area contributed by atoms with Gasteiger partial charge in [-0.05, 0) is 18.2 Å². The topological polar surface area (TPSA) is 66.6 Å². The quantitative estimate of drug-likeness (QED) is 0.506. The summed E-state index contributed by atoms with van der Waals surface area (Å²) in [6.07, 6.45) is 3.56. The number of hydroxylamine groups is 2. The fourth-order valence-electron chi connectivity index (χ4n) is 1.14. The van der Waals surface area contributed by atoms with Crippen LogP contribution in [0.1, 0.15) is 25.6 Å². The van der Waals surface area contributed by atoms with E-state index in [1.54, 1.807) is 17.4 Å². The van der Waals surface area contributed by atoms with E-state index < -0.39 is 6.03 Å². The summed E-state index contributed by atoms with van der Waals surface area (Å²) in [4.78, 5) is 11.6. The first-order chi connectivity index (χ1) is 8.28. The van der Waals surface area contributed by atoms with E-state index in [0.29, 0.717) is 5.06 Å². The molecule has 0 aromatic carbocycles. The molecule has 0 aliphatic carbocycles. The van der Waals surface area contributed by atoms with E-state index >= 15 is 0 Å². The average Bonchev–Trinajstić information content (AvgIpc) is 2.62. The van der Waals surface area contributed by atoms with Crippen molar-refractivity contribution in [3.63, 3.8) is 0 Å². The maximum absolute atomic E-state index is 10.6. The van der Waals surface area contributed by atoms with Gasteiger partial charge in [-0.25, -0.2) is 9.86 Å². The number of nitrogens with zero attached hydrogens (tertiary/aromatic N) is 1. The summed E-state index contributed by atoms with van der Waals surface area (Å²) in [5.74, 6) is 0. The maximum atomic E-state index is 10.6. The fraction of sp³-hybridized carbons (Fsp3) is 0.417. The summed E-state index contributed by atoms with van der Waals surface area (Å²) in [5.41, 5.74) is 4.89. The smallest absolute Gasteiger partial charge is 0.338 e. The van der Waals surface area contributed by atoms with E-state index in [0.717, 1.165) is 4.88 Å². The number of carbonyl (C=O) groups is 1. The van der Waals surface area contributed by atoms with Gasteiger partial charge in [-0.3, -0.25) is 5.21 Å². The van der Waals surface area contributed by atoms with Gasteiger partial charge in [-0.15, -0.1) is 23.1 Å². The van der Waals surface area contributed by atoms with Gasteiger partial charge in [0, 0.05) is 9.62 Å². The van der Waals surface area contributed by atoms with Crippen LogP contribution >= 0.6 is 23.1 Å². The van der Waals surface area contributed by atoms with Gasteiger partial charge >= 0.3 is 6.03 Å². The first kappa shape index (κ1) is 15.1. The number of amides is 2. The molecule has 0 radical (unpaired) electrons. The average molecular weight is 286 g/mol. The van der Waals surface area contributed by atoms with Crippen molar-refractivity contribution in [1.29, 1.82) is 0 Å². The van der Waals surface area contributed by atoms with Crippen LogP contribution in [0.4, 0.5) is 4.79 Å². The molecule has 1 aromatic heterocycles. The van der Waals surface area contributed by atoms with Crippen LogP contribution in [0.3, 0.4) is 0 Å². The second-order valence-corrected chi connectivity index (χ2v) is 7.94. The normalized spacial score (nSPS) is 12.0. The molecular weight excluding hydrogens is 268 g/mol. The molecule has 0 fully saturated rings. The highest BCUT2D eigenvalue weighted by Crippen LogP contribution is 2.36. The third-order valence-electron chi connectivity index (χ3n) is 1.82. The molecule has 0 unspecified atom stereocenters. The number of carbonyl (C=O) groups excluding carboxylic acids is 1. The second-order valence-electron chi connectivity index (χ2n) is 4.69. The van der Waals surface area contributed by atoms with Crippen molar-refractivity contribution >= 4 is 35.2 Å². The molecule has 0 spiro atoms. The highest BCUT2D eigenvalue weighted by molar-refractivity contribution is 8.02. The SMILES string of the molecule is CC(C)(C)Sc1ccc(C=CCN(O)C(N)=O)s1. The minimum Gasteiger partial charge on any atom is -0.350 e. The lowest BCUT2D eigenvalue weighted by Gasteiger charge is -2.15. The molecular formula is C12H18N2O2S2. The molecule has 18 heavy (non-hydrogen) atoms. The Hall–Kier alpha value is -0.980. The summed E-state index contributed by atoms with van der Waals surface area (Å²) < 4.78 is 1.44. The van der Waals surface area contributed by atoms with Crippen LogP contribution in [0.5, 0.6) is 0 Å². The molecule has 0 atom stereocenters. The summed E-state index contributed by atoms with van der Waals surface area (Å²) in [7, 11) is 0. The monoisotopic (exact) mass is 286 g/mol. The van der Waals surface area contributed by atoms with Crippen molar-refractivity contribution < 1.29 is 10.0 Å². The second kappa shape index (κ2) is 6.26. The van der Waals surface area contributed by atoms with Gasteiger partial charge < -0.3 is 5.73 Å². The molecule has 0 bridgehead atoms. The zero-order valence-electron chi connectivity index (χ0n) is 10.7. The molecule has 0 aliphatic rings. The van der Waals surface area contributed by atoms with Crippen molar-refractivity contribution in [3.05, 3.63) is 23.1 Å². The first-order valence-corrected chi connectivity index (χ1v) is 7.12. The number of nitrogens with two attached hydrogens (primary N) is 1. The molecule has 3 N–H and O–H groups in total. The van der Waals surface area contributed by atoms with Gasteiger partial charge in [0.2, 0.25) is 0 Å². The minimum absolute atomic E-state index is 0.0922. The molecule has 1 aromatic rings. The predicted octanol–water partition coefficient (Wildman–Crippen LogP) is 3.42. The van der Waals surface area contributed by atoms with Crippen LogP contribution < -0.4 is 5.73 Å². The van der Waals surface area contributed by atoms with E-state index in [9.17, 15) is 4.79 Å². The summed E-state index contributed by atoms with van der Waals surface area (Å²) in [6.45, 7) is 6.60. The van der Waals surface area contributed by atoms with Crippen molar-refractivity contribution in [2.45, 2.75) is 29.7 Å². The Labute approximate surface area is 115 Å². The summed E-state index contributed by atoms with van der Waals surface area (Å²) in [5, 5.41) is 9.54. The zero-order chi connectivity index (χ0) is 13.8. The number of primary amides is 1. The maximum Gasteiger partial charge on any atom is 0.338 e. The Morgan fingerprint density at radius 1 is 1.56 bits per heavy atom. The Morgan fingerprint density at radius 3 is 2.78 bits per heavy atom. The lowest BCUT2D eigenvalue weighted by atomic mass is 10.3. The van der Waals surface area contributed by atoms with Gasteiger partial charge in [0.15, 0.2) is 0 Å². The largest absolute Gasteiger partial charge is 0.350 e. The van der Waals surface area contributed by atoms with Crippen LogP contribution in [0.25, 0.3) is 6.08 Å². The van der Waals surface area contributed by atoms with Crippen molar-refractivity contribution in [3.8, 4) is 0 Å². The number of urea groups is 1. The van der Waals surface area contributed by atoms with Crippen molar-refractivity contribution in [1.82, 2.24) is 5.06 Å². The number of thiophene rings is 1. The highest BCUT2D eigenvalue weighted by atomic mass is 32.2. The highest BCUT2D eigenvalue weighted by Gasteiger charge is 2.13. The van der Waals surface area contributed by atoms with Crippen LogP contribution in [-0.4, -0.2) is 27.6 Å². The van der Waals surface area contributed by atoms with E-state index in [-0.39, 0.29) is 11.3 Å². The molecule has 0 aliphatic heterocycles. The molecule has 1 rings (SSSR count). The Morgan fingerprint density at radius 2 is 2.22 bits per heavy atom. The molecule has 0 saturated heterocycles. The predicted molar refractivity (Wildman–Crippen MR) is 77.0 cm³/mol. The standard InChI is InChI=1S/C12H18N2O2S2/c1-12(2,3)18-10-7-6-9(17-10)5-4-8-14(16)11(13)15/h4-7,16H,8H2,1-3H3,(H2,13,15). The first-order valence-electron chi connectivity index (χ1n) is 5.49. The van der Waals surface area contributed by atoms with Crippen LogP contribution in [0.2, 0.25) is 0 Å². The van der Waals surface area contributed by atoms with E-state index in [2.05, 4.69) is 26.8 Å². The number of rotatable bonds is 4. The third kappa shape index (κ3) is 5.57. The molecule has 6 heteroatoms. The number of thioether (sulfide) groups is 1. The van der Waals surface area contributed by atoms with Crippen LogP contribution in [0.15, 0.2) is 22.4 Å². The van der Waals surface area contributed by atoms with Crippen LogP contribution in [-0.2, 0) is 0 Å². The Balaban J connectivity index is 2.54. The van der Waals surface area contributed by atoms with Gasteiger partial charge in [0.05, 0.1) is 10.8 Å². The van der Waals surface area contributed by atoms with Gasteiger partial charge in [0.25, 0.3) is 0 Å². The molecule has 100 valence electrons. The lowest BCUT2D eigenvalue weighted by Crippen LogP contribution is -2.32. The van der Waals surface area contributed by atoms with E-state index in [4.69, 9.17) is 10.9 Å². The third-order valence-corrected chi connectivity index (χ3v) is 4.12. The van der Waals surface area contributed by atoms with Crippen LogP contribution in [0, 0.1) is 0 Å². The van der Waals surface area contributed by atoms with Crippen molar-refractivity contribution in [2.75, 3.05) is 6.54 Å². The zero-order valence-corrected chi connectivity index (χ0v) is 12.3. The minimum atomic E-state index is -0.852. The fourth-order valence-corrected chi connectivity index (χ4v) is 3.75. The van der Waals surface area contributed by atoms with Gasteiger partial charge in [-0.2, -0.15) is 0 Å². The van der Waals surface area contributed by atoms with E-state index in [1.807, 2.05) is 23.9 Å².